The van der Waals surface area contributed by atoms with E-state index in [0.29, 0.717) is 6.61 Å². The number of ether oxygens (including phenoxy) is 1. The Morgan fingerprint density at radius 3 is 2.44 bits per heavy atom. The molecule has 0 aliphatic rings. The predicted octanol–water partition coefficient (Wildman–Crippen LogP) is 3.19. The number of rotatable bonds is 5. The summed E-state index contributed by atoms with van der Waals surface area (Å²) in [4.78, 5) is 2.15. The Morgan fingerprint density at radius 1 is 1.39 bits per heavy atom. The van der Waals surface area contributed by atoms with Crippen LogP contribution in [0.4, 0.5) is 0 Å². The van der Waals surface area contributed by atoms with Gasteiger partial charge in [-0.25, -0.2) is 0 Å². The van der Waals surface area contributed by atoms with E-state index < -0.39 is 0 Å². The molecule has 0 aliphatic carbocycles. The van der Waals surface area contributed by atoms with Crippen LogP contribution in [0.15, 0.2) is 22.7 Å². The number of nitrogens with zero attached hydrogens (tertiary/aromatic N) is 1. The summed E-state index contributed by atoms with van der Waals surface area (Å²) >= 11 is 3.53. The Hall–Kier alpha value is -0.580. The highest BCUT2D eigenvalue weighted by Crippen LogP contribution is 2.27. The van der Waals surface area contributed by atoms with E-state index >= 15 is 0 Å². The van der Waals surface area contributed by atoms with Crippen LogP contribution in [-0.2, 0) is 0 Å². The molecule has 4 heteroatoms. The molecule has 18 heavy (non-hydrogen) atoms. The molecular weight excluding hydrogens is 292 g/mol. The van der Waals surface area contributed by atoms with Gasteiger partial charge in [-0.15, -0.1) is 0 Å². The molecule has 3 nitrogen and oxygen atoms in total. The molecular formula is C14H23BrN2O. The average molecular weight is 315 g/mol. The van der Waals surface area contributed by atoms with Gasteiger partial charge in [-0.2, -0.15) is 0 Å². The second-order valence-electron chi connectivity index (χ2n) is 5.47. The van der Waals surface area contributed by atoms with Gasteiger partial charge in [0.1, 0.15) is 12.4 Å². The van der Waals surface area contributed by atoms with Crippen molar-refractivity contribution in [2.75, 3.05) is 20.7 Å². The first-order chi connectivity index (χ1) is 8.24. The van der Waals surface area contributed by atoms with Crippen molar-refractivity contribution in [2.24, 2.45) is 5.73 Å². The van der Waals surface area contributed by atoms with Gasteiger partial charge in [0, 0.05) is 16.1 Å². The maximum Gasteiger partial charge on any atom is 0.120 e. The number of hydrogen-bond acceptors (Lipinski definition) is 3. The van der Waals surface area contributed by atoms with Crippen LogP contribution in [0.25, 0.3) is 0 Å². The summed E-state index contributed by atoms with van der Waals surface area (Å²) in [5.74, 6) is 0.862. The molecule has 0 fully saturated rings. The Labute approximate surface area is 118 Å². The number of hydrogen-bond donors (Lipinski definition) is 1. The molecule has 0 radical (unpaired) electrons. The molecule has 0 aromatic heterocycles. The summed E-state index contributed by atoms with van der Waals surface area (Å²) in [5, 5.41) is 0. The van der Waals surface area contributed by atoms with Crippen LogP contribution >= 0.6 is 15.9 Å². The van der Waals surface area contributed by atoms with E-state index in [2.05, 4.69) is 48.8 Å². The van der Waals surface area contributed by atoms with Gasteiger partial charge < -0.3 is 15.4 Å². The maximum absolute atomic E-state index is 5.87. The SMILES string of the molecule is C[C@@H](N)c1ccc(OCC(C)(C)N(C)C)cc1Br. The first-order valence-corrected chi connectivity index (χ1v) is 6.88. The number of likely N-dealkylation sites (N-methyl/N-ethyl adjacent to an activating group) is 1. The van der Waals surface area contributed by atoms with Crippen LogP contribution in [0.3, 0.4) is 0 Å². The zero-order valence-electron chi connectivity index (χ0n) is 11.8. The smallest absolute Gasteiger partial charge is 0.120 e. The molecule has 0 aliphatic heterocycles. The third-order valence-corrected chi connectivity index (χ3v) is 3.95. The van der Waals surface area contributed by atoms with Gasteiger partial charge in [0.2, 0.25) is 0 Å². The molecule has 0 amide bonds. The summed E-state index contributed by atoms with van der Waals surface area (Å²) < 4.78 is 6.83. The molecule has 0 saturated carbocycles. The lowest BCUT2D eigenvalue weighted by Gasteiger charge is -2.32. The minimum absolute atomic E-state index is 0.00626. The minimum Gasteiger partial charge on any atom is -0.492 e. The van der Waals surface area contributed by atoms with Crippen molar-refractivity contribution in [3.05, 3.63) is 28.2 Å². The van der Waals surface area contributed by atoms with Gasteiger partial charge in [0.15, 0.2) is 0 Å². The number of nitrogens with two attached hydrogens (primary N) is 1. The van der Waals surface area contributed by atoms with E-state index in [0.717, 1.165) is 15.8 Å². The van der Waals surface area contributed by atoms with Gasteiger partial charge in [0.25, 0.3) is 0 Å². The van der Waals surface area contributed by atoms with Gasteiger partial charge in [0.05, 0.1) is 0 Å². The first-order valence-electron chi connectivity index (χ1n) is 6.09. The van der Waals surface area contributed by atoms with Crippen LogP contribution in [0.5, 0.6) is 5.75 Å². The predicted molar refractivity (Wildman–Crippen MR) is 80.0 cm³/mol. The molecule has 102 valence electrons. The molecule has 0 bridgehead atoms. The van der Waals surface area contributed by atoms with Crippen LogP contribution in [0.1, 0.15) is 32.4 Å². The van der Waals surface area contributed by atoms with Crippen molar-refractivity contribution in [3.8, 4) is 5.75 Å². The second kappa shape index (κ2) is 6.04. The lowest BCUT2D eigenvalue weighted by Crippen LogP contribution is -2.43. The van der Waals surface area contributed by atoms with E-state index in [9.17, 15) is 0 Å². The molecule has 0 heterocycles. The Morgan fingerprint density at radius 2 is 2.00 bits per heavy atom. The van der Waals surface area contributed by atoms with Gasteiger partial charge in [-0.05, 0) is 52.6 Å². The Balaban J connectivity index is 2.73. The molecule has 1 atom stereocenters. The van der Waals surface area contributed by atoms with Crippen LogP contribution in [-0.4, -0.2) is 31.1 Å². The summed E-state index contributed by atoms with van der Waals surface area (Å²) in [5.41, 5.74) is 6.97. The number of halogens is 1. The maximum atomic E-state index is 5.87. The topological polar surface area (TPSA) is 38.5 Å². The van der Waals surface area contributed by atoms with E-state index in [1.807, 2.05) is 25.1 Å². The highest BCUT2D eigenvalue weighted by molar-refractivity contribution is 9.10. The summed E-state index contributed by atoms with van der Waals surface area (Å²) in [7, 11) is 4.11. The quantitative estimate of drug-likeness (QED) is 0.907. The average Bonchev–Trinajstić information content (AvgIpc) is 2.25. The fraction of sp³-hybridized carbons (Fsp3) is 0.571. The third-order valence-electron chi connectivity index (χ3n) is 3.27. The first kappa shape index (κ1) is 15.5. The monoisotopic (exact) mass is 314 g/mol. The largest absolute Gasteiger partial charge is 0.492 e. The fourth-order valence-electron chi connectivity index (χ4n) is 1.36. The van der Waals surface area contributed by atoms with Crippen molar-refractivity contribution in [2.45, 2.75) is 32.4 Å². The van der Waals surface area contributed by atoms with E-state index in [1.54, 1.807) is 0 Å². The summed E-state index contributed by atoms with van der Waals surface area (Å²) in [6.07, 6.45) is 0. The zero-order valence-corrected chi connectivity index (χ0v) is 13.4. The Bertz CT molecular complexity index is 403. The molecule has 2 N–H and O–H groups in total. The van der Waals surface area contributed by atoms with E-state index in [1.165, 1.54) is 0 Å². The normalized spacial score (nSPS) is 13.8. The number of benzene rings is 1. The fourth-order valence-corrected chi connectivity index (χ4v) is 2.07. The lowest BCUT2D eigenvalue weighted by atomic mass is 10.1. The van der Waals surface area contributed by atoms with Crippen LogP contribution < -0.4 is 10.5 Å². The van der Waals surface area contributed by atoms with E-state index in [-0.39, 0.29) is 11.6 Å². The van der Waals surface area contributed by atoms with Gasteiger partial charge in [-0.3, -0.25) is 0 Å². The molecule has 0 unspecified atom stereocenters. The molecule has 1 aromatic carbocycles. The zero-order chi connectivity index (χ0) is 13.9. The van der Waals surface area contributed by atoms with Crippen molar-refractivity contribution < 1.29 is 4.74 Å². The van der Waals surface area contributed by atoms with Gasteiger partial charge in [-0.1, -0.05) is 22.0 Å². The van der Waals surface area contributed by atoms with Crippen LogP contribution in [0, 0.1) is 0 Å². The minimum atomic E-state index is 0.00626. The third kappa shape index (κ3) is 3.97. The molecule has 0 saturated heterocycles. The molecule has 1 aromatic rings. The van der Waals surface area contributed by atoms with Crippen molar-refractivity contribution in [1.82, 2.24) is 4.90 Å². The summed E-state index contributed by atoms with van der Waals surface area (Å²) in [6, 6.07) is 5.97. The van der Waals surface area contributed by atoms with Crippen molar-refractivity contribution in [3.63, 3.8) is 0 Å². The molecule has 1 rings (SSSR count). The van der Waals surface area contributed by atoms with Crippen molar-refractivity contribution in [1.29, 1.82) is 0 Å². The highest BCUT2D eigenvalue weighted by atomic mass is 79.9. The highest BCUT2D eigenvalue weighted by Gasteiger charge is 2.21. The second-order valence-corrected chi connectivity index (χ2v) is 6.32. The standard InChI is InChI=1S/C14H23BrN2O/c1-10(16)12-7-6-11(8-13(12)15)18-9-14(2,3)17(4)5/h6-8,10H,9,16H2,1-5H3/t10-/m1/s1. The van der Waals surface area contributed by atoms with Crippen molar-refractivity contribution >= 4 is 15.9 Å². The lowest BCUT2D eigenvalue weighted by molar-refractivity contribution is 0.114. The summed E-state index contributed by atoms with van der Waals surface area (Å²) in [6.45, 7) is 6.91. The van der Waals surface area contributed by atoms with Crippen LogP contribution in [0.2, 0.25) is 0 Å². The van der Waals surface area contributed by atoms with E-state index in [4.69, 9.17) is 10.5 Å². The van der Waals surface area contributed by atoms with Gasteiger partial charge >= 0.3 is 0 Å². The Kier molecular flexibility index (Phi) is 5.20. The molecule has 0 spiro atoms.